The van der Waals surface area contributed by atoms with Crippen LogP contribution in [0.2, 0.25) is 0 Å². The summed E-state index contributed by atoms with van der Waals surface area (Å²) in [5.74, 6) is -0.0634. The number of methoxy groups -OCH3 is 1. The molecular weight excluding hydrogens is 336 g/mol. The third-order valence-corrected chi connectivity index (χ3v) is 5.11. The molecule has 1 fully saturated rings. The molecule has 7 nitrogen and oxygen atoms in total. The first-order valence-corrected chi connectivity index (χ1v) is 8.36. The fourth-order valence-electron chi connectivity index (χ4n) is 3.82. The van der Waals surface area contributed by atoms with Gasteiger partial charge in [-0.1, -0.05) is 24.3 Å². The van der Waals surface area contributed by atoms with Gasteiger partial charge in [-0.2, -0.15) is 0 Å². The SMILES string of the molecule is COC(=O)c1cc(CN2C(=O)N[C@@]3(CCc4ccccc43)C2=O)oc1C. The summed E-state index contributed by atoms with van der Waals surface area (Å²) in [4.78, 5) is 38.5. The second-order valence-corrected chi connectivity index (χ2v) is 6.56. The molecule has 0 unspecified atom stereocenters. The van der Waals surface area contributed by atoms with E-state index in [1.807, 2.05) is 24.3 Å². The van der Waals surface area contributed by atoms with Gasteiger partial charge in [0.05, 0.1) is 13.7 Å². The predicted octanol–water partition coefficient (Wildman–Crippen LogP) is 2.27. The molecule has 0 saturated carbocycles. The van der Waals surface area contributed by atoms with Crippen molar-refractivity contribution in [2.24, 2.45) is 0 Å². The lowest BCUT2D eigenvalue weighted by Gasteiger charge is -2.22. The normalized spacial score (nSPS) is 21.2. The molecule has 7 heteroatoms. The summed E-state index contributed by atoms with van der Waals surface area (Å²) in [6, 6.07) is 8.71. The van der Waals surface area contributed by atoms with Crippen molar-refractivity contribution in [3.63, 3.8) is 0 Å². The largest absolute Gasteiger partial charge is 0.465 e. The highest BCUT2D eigenvalue weighted by Gasteiger charge is 2.55. The van der Waals surface area contributed by atoms with E-state index in [9.17, 15) is 14.4 Å². The molecule has 1 N–H and O–H groups in total. The van der Waals surface area contributed by atoms with Crippen LogP contribution in [0.15, 0.2) is 34.7 Å². The number of nitrogens with one attached hydrogen (secondary N) is 1. The van der Waals surface area contributed by atoms with Crippen molar-refractivity contribution in [1.29, 1.82) is 0 Å². The molecule has 0 radical (unpaired) electrons. The zero-order valence-electron chi connectivity index (χ0n) is 14.5. The summed E-state index contributed by atoms with van der Waals surface area (Å²) in [7, 11) is 1.28. The topological polar surface area (TPSA) is 88.9 Å². The molecule has 2 aromatic rings. The van der Waals surface area contributed by atoms with Gasteiger partial charge in [0.1, 0.15) is 22.6 Å². The first-order chi connectivity index (χ1) is 12.5. The molecule has 1 atom stereocenters. The molecule has 0 bridgehead atoms. The van der Waals surface area contributed by atoms with Crippen molar-refractivity contribution >= 4 is 17.9 Å². The second kappa shape index (κ2) is 5.72. The monoisotopic (exact) mass is 354 g/mol. The Balaban J connectivity index is 1.63. The first kappa shape index (κ1) is 16.4. The maximum absolute atomic E-state index is 13.1. The molecular formula is C19H18N2O5. The van der Waals surface area contributed by atoms with Gasteiger partial charge < -0.3 is 14.5 Å². The van der Waals surface area contributed by atoms with Gasteiger partial charge in [-0.25, -0.2) is 9.59 Å². The van der Waals surface area contributed by atoms with Gasteiger partial charge in [-0.3, -0.25) is 9.69 Å². The molecule has 134 valence electrons. The number of benzene rings is 1. The number of nitrogens with zero attached hydrogens (tertiary/aromatic N) is 1. The van der Waals surface area contributed by atoms with Gasteiger partial charge >= 0.3 is 12.0 Å². The van der Waals surface area contributed by atoms with Crippen LogP contribution in [-0.4, -0.2) is 29.9 Å². The molecule has 3 amide bonds. The number of hydrogen-bond acceptors (Lipinski definition) is 5. The minimum Gasteiger partial charge on any atom is -0.465 e. The summed E-state index contributed by atoms with van der Waals surface area (Å²) in [5, 5.41) is 2.87. The smallest absolute Gasteiger partial charge is 0.341 e. The van der Waals surface area contributed by atoms with Crippen LogP contribution in [0.5, 0.6) is 0 Å². The molecule has 1 saturated heterocycles. The number of ether oxygens (including phenoxy) is 1. The Morgan fingerprint density at radius 2 is 2.12 bits per heavy atom. The molecule has 2 heterocycles. The van der Waals surface area contributed by atoms with Crippen LogP contribution in [0.3, 0.4) is 0 Å². The van der Waals surface area contributed by atoms with Crippen molar-refractivity contribution < 1.29 is 23.5 Å². The lowest BCUT2D eigenvalue weighted by atomic mass is 9.92. The zero-order valence-corrected chi connectivity index (χ0v) is 14.5. The molecule has 1 aromatic heterocycles. The molecule has 1 aliphatic carbocycles. The van der Waals surface area contributed by atoms with Crippen LogP contribution in [-0.2, 0) is 28.0 Å². The van der Waals surface area contributed by atoms with Crippen molar-refractivity contribution in [1.82, 2.24) is 10.2 Å². The van der Waals surface area contributed by atoms with E-state index in [0.717, 1.165) is 22.4 Å². The fourth-order valence-corrected chi connectivity index (χ4v) is 3.82. The Hall–Kier alpha value is -3.09. The second-order valence-electron chi connectivity index (χ2n) is 6.56. The van der Waals surface area contributed by atoms with Gasteiger partial charge in [-0.15, -0.1) is 0 Å². The number of furan rings is 1. The van der Waals surface area contributed by atoms with E-state index in [4.69, 9.17) is 9.15 Å². The molecule has 4 rings (SSSR count). The average Bonchev–Trinajstić information content (AvgIpc) is 3.26. The number of urea groups is 1. The van der Waals surface area contributed by atoms with E-state index in [1.165, 1.54) is 13.2 Å². The van der Waals surface area contributed by atoms with Crippen molar-refractivity contribution in [2.45, 2.75) is 31.8 Å². The van der Waals surface area contributed by atoms with Gasteiger partial charge in [0.2, 0.25) is 0 Å². The van der Waals surface area contributed by atoms with Crippen LogP contribution in [0.1, 0.15) is 39.4 Å². The Morgan fingerprint density at radius 1 is 1.35 bits per heavy atom. The molecule has 1 spiro atoms. The summed E-state index contributed by atoms with van der Waals surface area (Å²) in [5.41, 5.74) is 1.22. The van der Waals surface area contributed by atoms with E-state index in [-0.39, 0.29) is 18.0 Å². The first-order valence-electron chi connectivity index (χ1n) is 8.36. The quantitative estimate of drug-likeness (QED) is 0.675. The number of aryl methyl sites for hydroxylation is 2. The van der Waals surface area contributed by atoms with Gasteiger partial charge in [0.15, 0.2) is 0 Å². The minimum atomic E-state index is -1.000. The predicted molar refractivity (Wildman–Crippen MR) is 90.3 cm³/mol. The third kappa shape index (κ3) is 2.23. The van der Waals surface area contributed by atoms with Gasteiger partial charge in [0, 0.05) is 0 Å². The summed E-state index contributed by atoms with van der Waals surface area (Å²) < 4.78 is 10.2. The lowest BCUT2D eigenvalue weighted by molar-refractivity contribution is -0.132. The Labute approximate surface area is 149 Å². The van der Waals surface area contributed by atoms with Crippen LogP contribution in [0.25, 0.3) is 0 Å². The lowest BCUT2D eigenvalue weighted by Crippen LogP contribution is -2.41. The average molecular weight is 354 g/mol. The van der Waals surface area contributed by atoms with Gasteiger partial charge in [0.25, 0.3) is 5.91 Å². The third-order valence-electron chi connectivity index (χ3n) is 5.11. The summed E-state index contributed by atoms with van der Waals surface area (Å²) in [6.07, 6.45) is 1.28. The standard InChI is InChI=1S/C19H18N2O5/c1-11-14(16(22)25-2)9-13(26-11)10-21-17(23)19(20-18(21)24)8-7-12-5-3-4-6-15(12)19/h3-6,9H,7-8,10H2,1-2H3,(H,20,24)/t19-/m1/s1. The van der Waals surface area contributed by atoms with Crippen LogP contribution >= 0.6 is 0 Å². The number of carbonyl (C=O) groups excluding carboxylic acids is 3. The highest BCUT2D eigenvalue weighted by molar-refractivity contribution is 6.08. The maximum atomic E-state index is 13.1. The van der Waals surface area contributed by atoms with E-state index < -0.39 is 17.5 Å². The van der Waals surface area contributed by atoms with Crippen LogP contribution in [0, 0.1) is 6.92 Å². The fraction of sp³-hybridized carbons (Fsp3) is 0.316. The Bertz CT molecular complexity index is 932. The Morgan fingerprint density at radius 3 is 2.88 bits per heavy atom. The molecule has 26 heavy (non-hydrogen) atoms. The Kier molecular flexibility index (Phi) is 3.61. The van der Waals surface area contributed by atoms with Crippen LogP contribution < -0.4 is 5.32 Å². The van der Waals surface area contributed by atoms with Gasteiger partial charge in [-0.05, 0) is 37.0 Å². The van der Waals surface area contributed by atoms with Crippen LogP contribution in [0.4, 0.5) is 4.79 Å². The van der Waals surface area contributed by atoms with E-state index in [2.05, 4.69) is 5.32 Å². The number of esters is 1. The molecule has 2 aliphatic rings. The minimum absolute atomic E-state index is 0.0353. The number of hydrogen-bond donors (Lipinski definition) is 1. The number of amides is 3. The molecule has 1 aromatic carbocycles. The van der Waals surface area contributed by atoms with E-state index in [0.29, 0.717) is 17.9 Å². The maximum Gasteiger partial charge on any atom is 0.341 e. The van der Waals surface area contributed by atoms with E-state index >= 15 is 0 Å². The number of rotatable bonds is 3. The number of fused-ring (bicyclic) bond motifs is 2. The van der Waals surface area contributed by atoms with Crippen molar-refractivity contribution in [3.05, 3.63) is 58.5 Å². The summed E-state index contributed by atoms with van der Waals surface area (Å²) in [6.45, 7) is 1.60. The zero-order chi connectivity index (χ0) is 18.5. The van der Waals surface area contributed by atoms with Crippen molar-refractivity contribution in [2.75, 3.05) is 7.11 Å². The highest BCUT2D eigenvalue weighted by Crippen LogP contribution is 2.41. The number of carbonyl (C=O) groups is 3. The van der Waals surface area contributed by atoms with Crippen molar-refractivity contribution in [3.8, 4) is 0 Å². The van der Waals surface area contributed by atoms with E-state index in [1.54, 1.807) is 6.92 Å². The number of imide groups is 1. The molecule has 1 aliphatic heterocycles. The summed E-state index contributed by atoms with van der Waals surface area (Å²) >= 11 is 0. The highest BCUT2D eigenvalue weighted by atomic mass is 16.5.